The van der Waals surface area contributed by atoms with Crippen molar-refractivity contribution in [3.8, 4) is 11.5 Å². The van der Waals surface area contributed by atoms with Crippen molar-refractivity contribution < 1.29 is 37.3 Å². The molecule has 112 valence electrons. The van der Waals surface area contributed by atoms with Crippen LogP contribution in [0.4, 0.5) is 13.2 Å². The van der Waals surface area contributed by atoms with Crippen molar-refractivity contribution in [1.82, 2.24) is 0 Å². The van der Waals surface area contributed by atoms with Gasteiger partial charge in [0.25, 0.3) is 0 Å². The van der Waals surface area contributed by atoms with Crippen LogP contribution in [0.1, 0.15) is 11.7 Å². The number of rotatable bonds is 6. The number of hydrogen-bond donors (Lipinski definition) is 1. The zero-order valence-electron chi connectivity index (χ0n) is 10.7. The van der Waals surface area contributed by atoms with E-state index in [1.807, 2.05) is 0 Å². The Labute approximate surface area is 112 Å². The van der Waals surface area contributed by atoms with Gasteiger partial charge in [0.15, 0.2) is 6.10 Å². The van der Waals surface area contributed by atoms with Crippen LogP contribution >= 0.6 is 0 Å². The SMILES string of the molecule is COc1ccc([C@@H](OCC(=O)O)C(F)(F)F)c(OC)c1. The molecule has 0 bridgehead atoms. The van der Waals surface area contributed by atoms with E-state index in [1.165, 1.54) is 26.4 Å². The first kappa shape index (κ1) is 16.1. The number of benzene rings is 1. The summed E-state index contributed by atoms with van der Waals surface area (Å²) in [5.41, 5.74) is -0.318. The standard InChI is InChI=1S/C12H13F3O5/c1-18-7-3-4-8(9(5-7)19-2)11(12(13,14)15)20-6-10(16)17/h3-5,11H,6H2,1-2H3,(H,16,17)/t11-/m1/s1. The number of ether oxygens (including phenoxy) is 3. The normalized spacial score (nSPS) is 12.8. The van der Waals surface area contributed by atoms with Crippen LogP contribution in [0, 0.1) is 0 Å². The van der Waals surface area contributed by atoms with Crippen molar-refractivity contribution >= 4 is 5.97 Å². The summed E-state index contributed by atoms with van der Waals surface area (Å²) in [6.07, 6.45) is -7.16. The molecule has 1 aromatic rings. The highest BCUT2D eigenvalue weighted by atomic mass is 19.4. The molecule has 8 heteroatoms. The molecular weight excluding hydrogens is 281 g/mol. The smallest absolute Gasteiger partial charge is 0.419 e. The Bertz CT molecular complexity index is 473. The molecule has 0 unspecified atom stereocenters. The first-order valence-corrected chi connectivity index (χ1v) is 5.41. The molecule has 1 rings (SSSR count). The lowest BCUT2D eigenvalue weighted by molar-refractivity contribution is -0.225. The highest BCUT2D eigenvalue weighted by Gasteiger charge is 2.43. The lowest BCUT2D eigenvalue weighted by atomic mass is 10.1. The van der Waals surface area contributed by atoms with Crippen LogP contribution in [0.2, 0.25) is 0 Å². The largest absolute Gasteiger partial charge is 0.497 e. The molecule has 0 aliphatic heterocycles. The van der Waals surface area contributed by atoms with Crippen molar-refractivity contribution in [2.75, 3.05) is 20.8 Å². The van der Waals surface area contributed by atoms with E-state index in [0.717, 1.165) is 6.07 Å². The van der Waals surface area contributed by atoms with Gasteiger partial charge in [-0.3, -0.25) is 0 Å². The van der Waals surface area contributed by atoms with Crippen LogP contribution in [0.5, 0.6) is 11.5 Å². The van der Waals surface area contributed by atoms with E-state index in [9.17, 15) is 18.0 Å². The molecule has 0 radical (unpaired) electrons. The summed E-state index contributed by atoms with van der Waals surface area (Å²) in [6.45, 7) is -1.07. The minimum absolute atomic E-state index is 0.0999. The molecule has 1 aromatic carbocycles. The topological polar surface area (TPSA) is 65.0 Å². The monoisotopic (exact) mass is 294 g/mol. The predicted octanol–water partition coefficient (Wildman–Crippen LogP) is 2.41. The molecule has 1 N–H and O–H groups in total. The average Bonchev–Trinajstić information content (AvgIpc) is 2.37. The van der Waals surface area contributed by atoms with Gasteiger partial charge >= 0.3 is 12.1 Å². The Balaban J connectivity index is 3.16. The van der Waals surface area contributed by atoms with Gasteiger partial charge in [-0.1, -0.05) is 0 Å². The van der Waals surface area contributed by atoms with Gasteiger partial charge in [-0.15, -0.1) is 0 Å². The van der Waals surface area contributed by atoms with Crippen LogP contribution in [-0.2, 0) is 9.53 Å². The summed E-state index contributed by atoms with van der Waals surface area (Å²) in [5, 5.41) is 8.44. The van der Waals surface area contributed by atoms with Crippen molar-refractivity contribution in [3.05, 3.63) is 23.8 Å². The number of carboxylic acids is 1. The molecule has 0 spiro atoms. The Morgan fingerprint density at radius 3 is 2.40 bits per heavy atom. The van der Waals surface area contributed by atoms with Gasteiger partial charge in [-0.2, -0.15) is 13.2 Å². The fourth-order valence-electron chi connectivity index (χ4n) is 1.55. The van der Waals surface area contributed by atoms with E-state index in [2.05, 4.69) is 4.74 Å². The number of carboxylic acid groups (broad SMARTS) is 1. The van der Waals surface area contributed by atoms with Gasteiger partial charge in [-0.25, -0.2) is 4.79 Å². The van der Waals surface area contributed by atoms with Crippen molar-refractivity contribution in [1.29, 1.82) is 0 Å². The first-order valence-electron chi connectivity index (χ1n) is 5.41. The zero-order chi connectivity index (χ0) is 15.3. The van der Waals surface area contributed by atoms with E-state index in [1.54, 1.807) is 0 Å². The summed E-state index contributed by atoms with van der Waals surface area (Å²) >= 11 is 0. The van der Waals surface area contributed by atoms with Gasteiger partial charge < -0.3 is 19.3 Å². The van der Waals surface area contributed by atoms with Gasteiger partial charge in [0, 0.05) is 11.6 Å². The maximum absolute atomic E-state index is 13.0. The maximum atomic E-state index is 13.0. The maximum Gasteiger partial charge on any atom is 0.419 e. The summed E-state index contributed by atoms with van der Waals surface area (Å²) in [7, 11) is 2.56. The van der Waals surface area contributed by atoms with Crippen LogP contribution in [0.15, 0.2) is 18.2 Å². The molecule has 0 saturated carbocycles. The van der Waals surface area contributed by atoms with E-state index in [0.29, 0.717) is 5.75 Å². The van der Waals surface area contributed by atoms with E-state index >= 15 is 0 Å². The third-order valence-electron chi connectivity index (χ3n) is 2.39. The molecule has 0 aliphatic carbocycles. The summed E-state index contributed by atoms with van der Waals surface area (Å²) in [5.74, 6) is -1.28. The van der Waals surface area contributed by atoms with Gasteiger partial charge in [0.1, 0.15) is 18.1 Å². The molecule has 0 aromatic heterocycles. The quantitative estimate of drug-likeness (QED) is 0.872. The third-order valence-corrected chi connectivity index (χ3v) is 2.39. The lowest BCUT2D eigenvalue weighted by Gasteiger charge is -2.22. The Morgan fingerprint density at radius 2 is 1.95 bits per heavy atom. The van der Waals surface area contributed by atoms with E-state index in [4.69, 9.17) is 14.6 Å². The fraction of sp³-hybridized carbons (Fsp3) is 0.417. The molecule has 0 heterocycles. The van der Waals surface area contributed by atoms with Crippen LogP contribution < -0.4 is 9.47 Å². The van der Waals surface area contributed by atoms with E-state index < -0.39 is 24.9 Å². The Morgan fingerprint density at radius 1 is 1.30 bits per heavy atom. The van der Waals surface area contributed by atoms with Crippen LogP contribution in [-0.4, -0.2) is 38.1 Å². The van der Waals surface area contributed by atoms with Crippen molar-refractivity contribution in [3.63, 3.8) is 0 Å². The lowest BCUT2D eigenvalue weighted by Crippen LogP contribution is -2.26. The Kier molecular flexibility index (Phi) is 5.20. The second kappa shape index (κ2) is 6.47. The second-order valence-electron chi connectivity index (χ2n) is 3.73. The molecule has 20 heavy (non-hydrogen) atoms. The average molecular weight is 294 g/mol. The molecular formula is C12H13F3O5. The molecule has 5 nitrogen and oxygen atoms in total. The highest BCUT2D eigenvalue weighted by Crippen LogP contribution is 2.41. The summed E-state index contributed by atoms with van der Waals surface area (Å²) < 4.78 is 53.0. The molecule has 1 atom stereocenters. The fourth-order valence-corrected chi connectivity index (χ4v) is 1.55. The third kappa shape index (κ3) is 4.02. The van der Waals surface area contributed by atoms with Crippen molar-refractivity contribution in [2.45, 2.75) is 12.3 Å². The van der Waals surface area contributed by atoms with Gasteiger partial charge in [-0.05, 0) is 12.1 Å². The highest BCUT2D eigenvalue weighted by molar-refractivity contribution is 5.68. The zero-order valence-corrected chi connectivity index (χ0v) is 10.7. The minimum Gasteiger partial charge on any atom is -0.497 e. The second-order valence-corrected chi connectivity index (χ2v) is 3.73. The number of aliphatic carboxylic acids is 1. The van der Waals surface area contributed by atoms with E-state index in [-0.39, 0.29) is 11.3 Å². The van der Waals surface area contributed by atoms with Gasteiger partial charge in [0.05, 0.1) is 14.2 Å². The first-order chi connectivity index (χ1) is 9.29. The summed E-state index contributed by atoms with van der Waals surface area (Å²) in [6, 6.07) is 3.69. The van der Waals surface area contributed by atoms with Crippen LogP contribution in [0.25, 0.3) is 0 Å². The summed E-state index contributed by atoms with van der Waals surface area (Å²) in [4.78, 5) is 10.4. The number of methoxy groups -OCH3 is 2. The van der Waals surface area contributed by atoms with Gasteiger partial charge in [0.2, 0.25) is 0 Å². The number of carbonyl (C=O) groups is 1. The number of halogens is 3. The molecule has 0 fully saturated rings. The minimum atomic E-state index is -4.77. The number of hydrogen-bond acceptors (Lipinski definition) is 4. The molecule has 0 aliphatic rings. The molecule has 0 saturated heterocycles. The predicted molar refractivity (Wildman–Crippen MR) is 61.9 cm³/mol. The molecule has 0 amide bonds. The van der Waals surface area contributed by atoms with Crippen LogP contribution in [0.3, 0.4) is 0 Å². The number of alkyl halides is 3. The Hall–Kier alpha value is -1.96. The van der Waals surface area contributed by atoms with Crippen molar-refractivity contribution in [2.24, 2.45) is 0 Å².